The van der Waals surface area contributed by atoms with E-state index in [0.717, 1.165) is 5.56 Å². The predicted octanol–water partition coefficient (Wildman–Crippen LogP) is 3.61. The summed E-state index contributed by atoms with van der Waals surface area (Å²) in [5.41, 5.74) is 1.84. The molecular weight excluding hydrogens is 409 g/mol. The van der Waals surface area contributed by atoms with Crippen LogP contribution in [-0.2, 0) is 16.1 Å². The maximum atomic E-state index is 14.4. The lowest BCUT2D eigenvalue weighted by Gasteiger charge is -2.33. The molecule has 1 heterocycles. The van der Waals surface area contributed by atoms with E-state index in [0.29, 0.717) is 28.4 Å². The van der Waals surface area contributed by atoms with Crippen LogP contribution in [0.3, 0.4) is 0 Å². The van der Waals surface area contributed by atoms with Gasteiger partial charge < -0.3 is 15.4 Å². The van der Waals surface area contributed by atoms with Crippen molar-refractivity contribution in [3.8, 4) is 5.75 Å². The highest BCUT2D eigenvalue weighted by molar-refractivity contribution is 6.31. The number of carbonyl (C=O) groups excluding carboxylic acids is 2. The fourth-order valence-corrected chi connectivity index (χ4v) is 3.53. The Balaban J connectivity index is 1.84. The number of hydrogen-bond acceptors (Lipinski definition) is 4. The van der Waals surface area contributed by atoms with Crippen LogP contribution in [0.5, 0.6) is 5.75 Å². The zero-order valence-electron chi connectivity index (χ0n) is 17.1. The molecule has 1 fully saturated rings. The maximum absolute atomic E-state index is 14.4. The van der Waals surface area contributed by atoms with E-state index in [1.807, 2.05) is 26.0 Å². The van der Waals surface area contributed by atoms with E-state index in [4.69, 9.17) is 16.3 Å². The number of methoxy groups -OCH3 is 1. The zero-order valence-corrected chi connectivity index (χ0v) is 17.8. The first-order valence-electron chi connectivity index (χ1n) is 9.73. The van der Waals surface area contributed by atoms with Crippen molar-refractivity contribution in [2.45, 2.75) is 39.0 Å². The summed E-state index contributed by atoms with van der Waals surface area (Å²) in [5.74, 6) is -0.297. The first-order chi connectivity index (χ1) is 14.3. The fourth-order valence-electron chi connectivity index (χ4n) is 3.31. The molecule has 0 aromatic heterocycles. The van der Waals surface area contributed by atoms with Crippen molar-refractivity contribution in [1.82, 2.24) is 16.0 Å². The standard InChI is InChI=1S/C22H25ClFN3O3/c1-12(2)22(29)25-11-13-4-6-17(23)15(8-13)21-26-19(10-20(28)27-21)16-9-14(30-3)5-7-18(16)24/h4-9,12,19,21,26H,10-11H2,1-3H3,(H,25,29)(H,27,28). The largest absolute Gasteiger partial charge is 0.497 e. The molecule has 1 aliphatic rings. The van der Waals surface area contributed by atoms with Crippen molar-refractivity contribution in [2.75, 3.05) is 7.11 Å². The van der Waals surface area contributed by atoms with Gasteiger partial charge in [0.05, 0.1) is 7.11 Å². The minimum atomic E-state index is -0.602. The monoisotopic (exact) mass is 433 g/mol. The van der Waals surface area contributed by atoms with Gasteiger partial charge in [-0.25, -0.2) is 4.39 Å². The van der Waals surface area contributed by atoms with E-state index in [1.54, 1.807) is 12.1 Å². The molecule has 8 heteroatoms. The van der Waals surface area contributed by atoms with Crippen molar-refractivity contribution in [3.63, 3.8) is 0 Å². The van der Waals surface area contributed by atoms with Gasteiger partial charge in [0.1, 0.15) is 17.7 Å². The lowest BCUT2D eigenvalue weighted by molar-refractivity contribution is -0.125. The Labute approximate surface area is 180 Å². The van der Waals surface area contributed by atoms with Gasteiger partial charge in [-0.3, -0.25) is 14.9 Å². The average molecular weight is 434 g/mol. The number of carbonyl (C=O) groups is 2. The molecule has 0 saturated carbocycles. The first-order valence-corrected chi connectivity index (χ1v) is 10.1. The minimum Gasteiger partial charge on any atom is -0.497 e. The lowest BCUT2D eigenvalue weighted by Crippen LogP contribution is -2.47. The summed E-state index contributed by atoms with van der Waals surface area (Å²) in [6.45, 7) is 3.99. The highest BCUT2D eigenvalue weighted by atomic mass is 35.5. The molecule has 30 heavy (non-hydrogen) atoms. The van der Waals surface area contributed by atoms with Gasteiger partial charge in [0.2, 0.25) is 11.8 Å². The van der Waals surface area contributed by atoms with E-state index in [9.17, 15) is 14.0 Å². The van der Waals surface area contributed by atoms with Crippen molar-refractivity contribution in [2.24, 2.45) is 5.92 Å². The van der Waals surface area contributed by atoms with E-state index >= 15 is 0 Å². The summed E-state index contributed by atoms with van der Waals surface area (Å²) in [4.78, 5) is 24.2. The fraction of sp³-hybridized carbons (Fsp3) is 0.364. The molecule has 6 nitrogen and oxygen atoms in total. The van der Waals surface area contributed by atoms with E-state index in [-0.39, 0.29) is 24.2 Å². The van der Waals surface area contributed by atoms with E-state index in [1.165, 1.54) is 19.2 Å². The predicted molar refractivity (Wildman–Crippen MR) is 112 cm³/mol. The van der Waals surface area contributed by atoms with Crippen LogP contribution in [0.4, 0.5) is 4.39 Å². The van der Waals surface area contributed by atoms with Crippen LogP contribution >= 0.6 is 11.6 Å². The molecule has 2 amide bonds. The lowest BCUT2D eigenvalue weighted by atomic mass is 9.97. The third-order valence-electron chi connectivity index (χ3n) is 5.00. The third kappa shape index (κ3) is 5.09. The Bertz CT molecular complexity index is 951. The molecule has 0 aliphatic carbocycles. The summed E-state index contributed by atoms with van der Waals surface area (Å²) in [6.07, 6.45) is -0.516. The average Bonchev–Trinajstić information content (AvgIpc) is 2.72. The van der Waals surface area contributed by atoms with Gasteiger partial charge in [0, 0.05) is 41.1 Å². The topological polar surface area (TPSA) is 79.5 Å². The molecule has 1 saturated heterocycles. The zero-order chi connectivity index (χ0) is 21.8. The highest BCUT2D eigenvalue weighted by Gasteiger charge is 2.30. The Hall–Kier alpha value is -2.64. The second-order valence-electron chi connectivity index (χ2n) is 7.54. The molecule has 3 N–H and O–H groups in total. The molecule has 0 spiro atoms. The van der Waals surface area contributed by atoms with Crippen LogP contribution in [0.15, 0.2) is 36.4 Å². The van der Waals surface area contributed by atoms with Gasteiger partial charge >= 0.3 is 0 Å². The van der Waals surface area contributed by atoms with Crippen LogP contribution in [-0.4, -0.2) is 18.9 Å². The summed E-state index contributed by atoms with van der Waals surface area (Å²) in [6, 6.07) is 9.26. The van der Waals surface area contributed by atoms with Crippen molar-refractivity contribution < 1.29 is 18.7 Å². The van der Waals surface area contributed by atoms with Gasteiger partial charge in [-0.1, -0.05) is 31.5 Å². The molecule has 2 unspecified atom stereocenters. The second kappa shape index (κ2) is 9.45. The van der Waals surface area contributed by atoms with Gasteiger partial charge in [-0.05, 0) is 35.9 Å². The summed E-state index contributed by atoms with van der Waals surface area (Å²) < 4.78 is 19.6. The third-order valence-corrected chi connectivity index (χ3v) is 5.35. The summed E-state index contributed by atoms with van der Waals surface area (Å²) in [7, 11) is 1.50. The van der Waals surface area contributed by atoms with E-state index < -0.39 is 18.0 Å². The van der Waals surface area contributed by atoms with E-state index in [2.05, 4.69) is 16.0 Å². The number of benzene rings is 2. The minimum absolute atomic E-state index is 0.0517. The van der Waals surface area contributed by atoms with Crippen LogP contribution in [0.25, 0.3) is 0 Å². The highest BCUT2D eigenvalue weighted by Crippen LogP contribution is 2.32. The number of amides is 2. The SMILES string of the molecule is COc1ccc(F)c(C2CC(=O)NC(c3cc(CNC(=O)C(C)C)ccc3Cl)N2)c1. The second-order valence-corrected chi connectivity index (χ2v) is 7.95. The van der Waals surface area contributed by atoms with Crippen molar-refractivity contribution >= 4 is 23.4 Å². The van der Waals surface area contributed by atoms with Gasteiger partial charge in [-0.15, -0.1) is 0 Å². The van der Waals surface area contributed by atoms with Crippen molar-refractivity contribution in [1.29, 1.82) is 0 Å². The van der Waals surface area contributed by atoms with Crippen LogP contribution < -0.4 is 20.7 Å². The van der Waals surface area contributed by atoms with Crippen molar-refractivity contribution in [3.05, 3.63) is 63.9 Å². The van der Waals surface area contributed by atoms with Gasteiger partial charge in [0.15, 0.2) is 0 Å². The molecule has 3 rings (SSSR count). The molecule has 1 aliphatic heterocycles. The quantitative estimate of drug-likeness (QED) is 0.650. The Kier molecular flexibility index (Phi) is 6.95. The smallest absolute Gasteiger partial charge is 0.223 e. The Morgan fingerprint density at radius 2 is 2.03 bits per heavy atom. The van der Waals surface area contributed by atoms with Gasteiger partial charge in [0.25, 0.3) is 0 Å². The van der Waals surface area contributed by atoms with Crippen LogP contribution in [0, 0.1) is 11.7 Å². The summed E-state index contributed by atoms with van der Waals surface area (Å²) in [5, 5.41) is 9.43. The number of ether oxygens (including phenoxy) is 1. The number of hydrogen-bond donors (Lipinski definition) is 3. The Morgan fingerprint density at radius 1 is 1.27 bits per heavy atom. The molecule has 2 aromatic carbocycles. The molecule has 0 radical (unpaired) electrons. The molecular formula is C22H25ClFN3O3. The number of rotatable bonds is 6. The molecule has 2 aromatic rings. The van der Waals surface area contributed by atoms with Crippen LogP contribution in [0.1, 0.15) is 49.2 Å². The number of nitrogens with one attached hydrogen (secondary N) is 3. The molecule has 0 bridgehead atoms. The molecule has 160 valence electrons. The van der Waals surface area contributed by atoms with Gasteiger partial charge in [-0.2, -0.15) is 0 Å². The Morgan fingerprint density at radius 3 is 2.73 bits per heavy atom. The first kappa shape index (κ1) is 22.1. The molecule has 2 atom stereocenters. The normalized spacial score (nSPS) is 18.8. The number of halogens is 2. The maximum Gasteiger partial charge on any atom is 0.223 e. The van der Waals surface area contributed by atoms with Crippen LogP contribution in [0.2, 0.25) is 5.02 Å². The summed E-state index contributed by atoms with van der Waals surface area (Å²) >= 11 is 6.39.